The van der Waals surface area contributed by atoms with Crippen LogP contribution in [0.4, 0.5) is 0 Å². The number of benzene rings is 1. The first-order chi connectivity index (χ1) is 17.7. The van der Waals surface area contributed by atoms with Crippen molar-refractivity contribution in [2.45, 2.75) is 76.3 Å². The van der Waals surface area contributed by atoms with Crippen molar-refractivity contribution in [1.29, 1.82) is 0 Å². The van der Waals surface area contributed by atoms with Crippen LogP contribution in [0.3, 0.4) is 0 Å². The van der Waals surface area contributed by atoms with Crippen molar-refractivity contribution in [3.8, 4) is 5.75 Å². The van der Waals surface area contributed by atoms with Gasteiger partial charge in [0, 0.05) is 44.3 Å². The van der Waals surface area contributed by atoms with Crippen LogP contribution in [0.25, 0.3) is 0 Å². The number of phenols is 1. The number of pyridine rings is 1. The van der Waals surface area contributed by atoms with Gasteiger partial charge in [-0.25, -0.2) is 0 Å². The van der Waals surface area contributed by atoms with Crippen LogP contribution >= 0.6 is 0 Å². The van der Waals surface area contributed by atoms with Crippen molar-refractivity contribution in [3.05, 3.63) is 63.6 Å². The Morgan fingerprint density at radius 2 is 2.00 bits per heavy atom. The summed E-state index contributed by atoms with van der Waals surface area (Å²) in [5.74, 6) is 1.26. The van der Waals surface area contributed by atoms with E-state index < -0.39 is 0 Å². The third-order valence-electron chi connectivity index (χ3n) is 11.0. The number of aryl methyl sites for hydroxylation is 1. The molecule has 0 spiro atoms. The number of carbonyl (C=O) groups is 1. The molecule has 3 aliphatic carbocycles. The smallest absolute Gasteiger partial charge is 0.263 e. The highest BCUT2D eigenvalue weighted by Gasteiger charge is 2.69. The van der Waals surface area contributed by atoms with E-state index in [0.717, 1.165) is 44.6 Å². The molecule has 2 heterocycles. The van der Waals surface area contributed by atoms with E-state index >= 15 is 0 Å². The first kappa shape index (κ1) is 24.7. The van der Waals surface area contributed by atoms with Gasteiger partial charge in [0.1, 0.15) is 11.3 Å². The minimum Gasteiger partial charge on any atom is -0.508 e. The number of piperidine rings is 1. The van der Waals surface area contributed by atoms with Gasteiger partial charge in [-0.1, -0.05) is 13.0 Å². The molecule has 0 radical (unpaired) electrons. The lowest BCUT2D eigenvalue weighted by Gasteiger charge is -2.64. The van der Waals surface area contributed by atoms with Crippen molar-refractivity contribution >= 4 is 5.91 Å². The Kier molecular flexibility index (Phi) is 5.83. The molecule has 3 fully saturated rings. The van der Waals surface area contributed by atoms with Crippen LogP contribution in [0.1, 0.15) is 73.9 Å². The summed E-state index contributed by atoms with van der Waals surface area (Å²) >= 11 is 0. The molecule has 1 saturated heterocycles. The molecule has 2 bridgehead atoms. The number of amides is 1. The zero-order valence-corrected chi connectivity index (χ0v) is 22.7. The van der Waals surface area contributed by atoms with Gasteiger partial charge >= 0.3 is 0 Å². The van der Waals surface area contributed by atoms with E-state index in [-0.39, 0.29) is 39.8 Å². The summed E-state index contributed by atoms with van der Waals surface area (Å²) in [4.78, 5) is 31.0. The second-order valence-corrected chi connectivity index (χ2v) is 12.4. The highest BCUT2D eigenvalue weighted by molar-refractivity contribution is 5.93. The van der Waals surface area contributed by atoms with Crippen LogP contribution in [-0.2, 0) is 18.9 Å². The summed E-state index contributed by atoms with van der Waals surface area (Å²) in [6.07, 6.45) is 9.84. The van der Waals surface area contributed by atoms with Crippen LogP contribution in [0.15, 0.2) is 41.3 Å². The average Bonchev–Trinajstić information content (AvgIpc) is 3.64. The van der Waals surface area contributed by atoms with Crippen LogP contribution in [0.5, 0.6) is 5.75 Å². The van der Waals surface area contributed by atoms with Gasteiger partial charge in [-0.05, 0) is 111 Å². The highest BCUT2D eigenvalue weighted by Crippen LogP contribution is 2.69. The number of nitrogens with zero attached hydrogens (tertiary/aromatic N) is 3. The number of hydrogen-bond acceptors (Lipinski definition) is 4. The lowest BCUT2D eigenvalue weighted by molar-refractivity contribution is -0.0760. The summed E-state index contributed by atoms with van der Waals surface area (Å²) in [6, 6.07) is 9.94. The second kappa shape index (κ2) is 8.72. The standard InChI is InChI=1S/C31H41N3O3/c1-5-30-13-12-25(20(2)33(4)29(37)24-7-6-15-32(3)28(24)36)31(30)14-16-34(19-21-8-9-21)27(30)17-22-10-11-23(35)18-26(22)31/h6-7,10-11,15,18,20-21,25,27,35H,5,8-9,12-14,16-17,19H2,1-4H3. The number of rotatable bonds is 6. The minimum atomic E-state index is -0.250. The van der Waals surface area contributed by atoms with Crippen molar-refractivity contribution in [1.82, 2.24) is 14.4 Å². The minimum absolute atomic E-state index is 0.0326. The molecule has 6 heteroatoms. The van der Waals surface area contributed by atoms with Crippen LogP contribution in [-0.4, -0.2) is 57.6 Å². The van der Waals surface area contributed by atoms with Crippen LogP contribution < -0.4 is 5.56 Å². The summed E-state index contributed by atoms with van der Waals surface area (Å²) in [5, 5.41) is 10.7. The summed E-state index contributed by atoms with van der Waals surface area (Å²) in [6.45, 7) is 6.84. The molecular weight excluding hydrogens is 462 g/mol. The Labute approximate surface area is 220 Å². The van der Waals surface area contributed by atoms with Crippen molar-refractivity contribution in [2.24, 2.45) is 24.3 Å². The summed E-state index contributed by atoms with van der Waals surface area (Å²) in [5.41, 5.74) is 2.72. The Morgan fingerprint density at radius 3 is 2.73 bits per heavy atom. The number of hydrogen-bond donors (Lipinski definition) is 1. The molecule has 1 aromatic carbocycles. The maximum absolute atomic E-state index is 13.6. The van der Waals surface area contributed by atoms with Crippen molar-refractivity contribution in [3.63, 3.8) is 0 Å². The number of likely N-dealkylation sites (tertiary alicyclic amines) is 1. The zero-order chi connectivity index (χ0) is 26.1. The number of phenolic OH excluding ortho intramolecular Hbond substituents is 1. The van der Waals surface area contributed by atoms with Crippen LogP contribution in [0, 0.1) is 17.3 Å². The Morgan fingerprint density at radius 1 is 1.22 bits per heavy atom. The number of fused-ring (bicyclic) bond motifs is 1. The Bertz CT molecular complexity index is 1280. The first-order valence-electron chi connectivity index (χ1n) is 14.2. The Balaban J connectivity index is 1.43. The number of carbonyl (C=O) groups excluding carboxylic acids is 1. The predicted octanol–water partition coefficient (Wildman–Crippen LogP) is 4.34. The molecule has 1 aromatic heterocycles. The van der Waals surface area contributed by atoms with Gasteiger partial charge in [-0.15, -0.1) is 0 Å². The fourth-order valence-corrected chi connectivity index (χ4v) is 8.90. The third-order valence-corrected chi connectivity index (χ3v) is 11.0. The number of aromatic hydroxyl groups is 1. The molecule has 1 amide bonds. The second-order valence-electron chi connectivity index (χ2n) is 12.4. The first-order valence-corrected chi connectivity index (χ1v) is 14.2. The molecule has 198 valence electrons. The summed E-state index contributed by atoms with van der Waals surface area (Å²) < 4.78 is 1.47. The lowest BCUT2D eigenvalue weighted by Crippen LogP contribution is -2.67. The van der Waals surface area contributed by atoms with E-state index in [2.05, 4.69) is 24.8 Å². The zero-order valence-electron chi connectivity index (χ0n) is 22.7. The van der Waals surface area contributed by atoms with E-state index in [1.807, 2.05) is 24.1 Å². The topological polar surface area (TPSA) is 65.8 Å². The quantitative estimate of drug-likeness (QED) is 0.637. The maximum atomic E-state index is 13.6. The normalized spacial score (nSPS) is 31.5. The van der Waals surface area contributed by atoms with Gasteiger partial charge in [-0.3, -0.25) is 14.5 Å². The average molecular weight is 504 g/mol. The lowest BCUT2D eigenvalue weighted by atomic mass is 9.46. The van der Waals surface area contributed by atoms with Gasteiger partial charge in [0.2, 0.25) is 0 Å². The number of aromatic nitrogens is 1. The fourth-order valence-electron chi connectivity index (χ4n) is 8.90. The van der Waals surface area contributed by atoms with E-state index in [4.69, 9.17) is 0 Å². The molecule has 6 rings (SSSR count). The van der Waals surface area contributed by atoms with Gasteiger partial charge in [-0.2, -0.15) is 0 Å². The van der Waals surface area contributed by atoms with Gasteiger partial charge in [0.15, 0.2) is 0 Å². The van der Waals surface area contributed by atoms with E-state index in [1.54, 1.807) is 25.4 Å². The summed E-state index contributed by atoms with van der Waals surface area (Å²) in [7, 11) is 3.56. The van der Waals surface area contributed by atoms with Crippen molar-refractivity contribution in [2.75, 3.05) is 20.1 Å². The molecular formula is C31H41N3O3. The van der Waals surface area contributed by atoms with E-state index in [0.29, 0.717) is 11.8 Å². The highest BCUT2D eigenvalue weighted by atomic mass is 16.3. The molecule has 1 aliphatic heterocycles. The molecule has 6 nitrogen and oxygen atoms in total. The SMILES string of the molecule is CCC12CCC(C(C)N(C)C(=O)c3cccn(C)c3=O)C13CCN(CC1CC1)C2Cc1ccc(O)cc13. The van der Waals surface area contributed by atoms with E-state index in [1.165, 1.54) is 35.1 Å². The largest absolute Gasteiger partial charge is 0.508 e. The third kappa shape index (κ3) is 3.47. The molecule has 5 atom stereocenters. The van der Waals surface area contributed by atoms with Gasteiger partial charge in [0.05, 0.1) is 0 Å². The molecule has 37 heavy (non-hydrogen) atoms. The molecule has 2 saturated carbocycles. The molecule has 5 unspecified atom stereocenters. The molecule has 2 aromatic rings. The molecule has 4 aliphatic rings. The maximum Gasteiger partial charge on any atom is 0.263 e. The molecule has 1 N–H and O–H groups in total. The Hall–Kier alpha value is -2.60. The van der Waals surface area contributed by atoms with Gasteiger partial charge < -0.3 is 14.6 Å². The van der Waals surface area contributed by atoms with Crippen LogP contribution in [0.2, 0.25) is 0 Å². The fraction of sp³-hybridized carbons (Fsp3) is 0.613. The van der Waals surface area contributed by atoms with Gasteiger partial charge in [0.25, 0.3) is 11.5 Å². The predicted molar refractivity (Wildman–Crippen MR) is 145 cm³/mol. The van der Waals surface area contributed by atoms with E-state index in [9.17, 15) is 14.7 Å². The monoisotopic (exact) mass is 503 g/mol. The van der Waals surface area contributed by atoms with Crippen molar-refractivity contribution < 1.29 is 9.90 Å².